The lowest BCUT2D eigenvalue weighted by Crippen LogP contribution is -2.26. The van der Waals surface area contributed by atoms with Crippen molar-refractivity contribution in [2.45, 2.75) is 117 Å². The van der Waals surface area contributed by atoms with Crippen molar-refractivity contribution in [1.29, 1.82) is 0 Å². The van der Waals surface area contributed by atoms with E-state index in [0.29, 0.717) is 0 Å². The van der Waals surface area contributed by atoms with E-state index in [1.54, 1.807) is 0 Å². The Morgan fingerprint density at radius 1 is 0.480 bits per heavy atom. The molecule has 1 aliphatic heterocycles. The van der Waals surface area contributed by atoms with Crippen LogP contribution < -0.4 is 0 Å². The van der Waals surface area contributed by atoms with Crippen molar-refractivity contribution in [3.63, 3.8) is 0 Å². The van der Waals surface area contributed by atoms with E-state index in [2.05, 4.69) is 36.0 Å². The van der Waals surface area contributed by atoms with E-state index in [1.807, 2.05) is 0 Å². The highest BCUT2D eigenvalue weighted by molar-refractivity contribution is 4.90. The highest BCUT2D eigenvalue weighted by Gasteiger charge is 2.10. The minimum absolute atomic E-state index is 1.13. The van der Waals surface area contributed by atoms with Gasteiger partial charge in [0.2, 0.25) is 0 Å². The Balaban J connectivity index is 1.79. The highest BCUT2D eigenvalue weighted by atomic mass is 15.3. The second-order valence-electron chi connectivity index (χ2n) is 8.01. The van der Waals surface area contributed by atoms with Crippen molar-refractivity contribution >= 4 is 0 Å². The van der Waals surface area contributed by atoms with Crippen molar-refractivity contribution in [2.24, 2.45) is 0 Å². The normalized spacial score (nSPS) is 14.0. The van der Waals surface area contributed by atoms with Gasteiger partial charge in [-0.05, 0) is 12.8 Å². The average Bonchev–Trinajstić information content (AvgIpc) is 3.07. The van der Waals surface area contributed by atoms with Crippen LogP contribution in [-0.4, -0.2) is 29.6 Å². The summed E-state index contributed by atoms with van der Waals surface area (Å²) >= 11 is 0. The molecule has 0 aromatic rings. The van der Waals surface area contributed by atoms with Gasteiger partial charge in [-0.2, -0.15) is 0 Å². The van der Waals surface area contributed by atoms with E-state index < -0.39 is 0 Å². The van der Waals surface area contributed by atoms with Crippen LogP contribution in [0.1, 0.15) is 117 Å². The quantitative estimate of drug-likeness (QED) is 0.239. The van der Waals surface area contributed by atoms with Crippen LogP contribution in [-0.2, 0) is 0 Å². The molecule has 2 heteroatoms. The molecule has 148 valence electrons. The standard InChI is InChI=1S/C23H46N2/c1-3-5-7-9-10-11-12-13-14-15-16-18-20-25-22-21-24(23-25)19-17-8-6-4-2/h21-22H,3-20,23H2,1-2H3. The molecular weight excluding hydrogens is 304 g/mol. The third kappa shape index (κ3) is 13.2. The second kappa shape index (κ2) is 16.8. The first-order valence-corrected chi connectivity index (χ1v) is 11.5. The van der Waals surface area contributed by atoms with Gasteiger partial charge in [0.1, 0.15) is 0 Å². The summed E-state index contributed by atoms with van der Waals surface area (Å²) < 4.78 is 0. The van der Waals surface area contributed by atoms with Gasteiger partial charge in [0, 0.05) is 25.5 Å². The van der Waals surface area contributed by atoms with E-state index in [9.17, 15) is 0 Å². The van der Waals surface area contributed by atoms with Gasteiger partial charge in [-0.3, -0.25) is 0 Å². The van der Waals surface area contributed by atoms with Crippen molar-refractivity contribution in [3.8, 4) is 0 Å². The molecule has 0 atom stereocenters. The molecule has 0 spiro atoms. The monoisotopic (exact) mass is 350 g/mol. The lowest BCUT2D eigenvalue weighted by atomic mass is 10.1. The zero-order valence-corrected chi connectivity index (χ0v) is 17.5. The van der Waals surface area contributed by atoms with Gasteiger partial charge >= 0.3 is 0 Å². The number of unbranched alkanes of at least 4 members (excludes halogenated alkanes) is 14. The molecule has 0 fully saturated rings. The van der Waals surface area contributed by atoms with Gasteiger partial charge < -0.3 is 9.80 Å². The van der Waals surface area contributed by atoms with Crippen molar-refractivity contribution < 1.29 is 0 Å². The predicted octanol–water partition coefficient (Wildman–Crippen LogP) is 7.31. The van der Waals surface area contributed by atoms with E-state index in [0.717, 1.165) is 6.67 Å². The van der Waals surface area contributed by atoms with Gasteiger partial charge in [-0.25, -0.2) is 0 Å². The first-order valence-electron chi connectivity index (χ1n) is 11.5. The lowest BCUT2D eigenvalue weighted by molar-refractivity contribution is 0.257. The third-order valence-corrected chi connectivity index (χ3v) is 5.45. The molecule has 0 N–H and O–H groups in total. The zero-order valence-electron chi connectivity index (χ0n) is 17.5. The molecule has 0 aliphatic carbocycles. The summed E-state index contributed by atoms with van der Waals surface area (Å²) in [6.45, 7) is 8.20. The van der Waals surface area contributed by atoms with E-state index >= 15 is 0 Å². The summed E-state index contributed by atoms with van der Waals surface area (Å²) in [6, 6.07) is 0. The Bertz CT molecular complexity index is 300. The number of hydrogen-bond acceptors (Lipinski definition) is 2. The maximum absolute atomic E-state index is 2.50. The van der Waals surface area contributed by atoms with Crippen molar-refractivity contribution in [1.82, 2.24) is 9.80 Å². The second-order valence-corrected chi connectivity index (χ2v) is 8.01. The highest BCUT2D eigenvalue weighted by Crippen LogP contribution is 2.14. The topological polar surface area (TPSA) is 6.48 Å². The predicted molar refractivity (Wildman–Crippen MR) is 113 cm³/mol. The van der Waals surface area contributed by atoms with E-state index in [4.69, 9.17) is 0 Å². The Morgan fingerprint density at radius 2 is 0.800 bits per heavy atom. The average molecular weight is 351 g/mol. The molecule has 1 rings (SSSR count). The summed E-state index contributed by atoms with van der Waals surface area (Å²) in [5, 5.41) is 0. The Hall–Kier alpha value is -0.660. The van der Waals surface area contributed by atoms with Gasteiger partial charge in [-0.1, -0.05) is 104 Å². The Morgan fingerprint density at radius 3 is 1.20 bits per heavy atom. The first kappa shape index (κ1) is 22.4. The fourth-order valence-electron chi connectivity index (χ4n) is 3.70. The number of hydrogen-bond donors (Lipinski definition) is 0. The lowest BCUT2D eigenvalue weighted by Gasteiger charge is -2.21. The third-order valence-electron chi connectivity index (χ3n) is 5.45. The minimum Gasteiger partial charge on any atom is -0.359 e. The maximum Gasteiger partial charge on any atom is 0.0893 e. The molecule has 0 saturated carbocycles. The van der Waals surface area contributed by atoms with Crippen molar-refractivity contribution in [2.75, 3.05) is 19.8 Å². The number of rotatable bonds is 18. The van der Waals surface area contributed by atoms with Gasteiger partial charge in [0.05, 0.1) is 6.67 Å². The Labute approximate surface area is 159 Å². The molecule has 0 bridgehead atoms. The number of nitrogens with zero attached hydrogens (tertiary/aromatic N) is 2. The van der Waals surface area contributed by atoms with Crippen molar-refractivity contribution in [3.05, 3.63) is 12.4 Å². The Kier molecular flexibility index (Phi) is 15.0. The van der Waals surface area contributed by atoms with E-state index in [-0.39, 0.29) is 0 Å². The molecule has 0 unspecified atom stereocenters. The summed E-state index contributed by atoms with van der Waals surface area (Å²) in [4.78, 5) is 4.98. The molecule has 1 heterocycles. The minimum atomic E-state index is 1.13. The van der Waals surface area contributed by atoms with Crippen LogP contribution in [0.3, 0.4) is 0 Å². The van der Waals surface area contributed by atoms with Crippen LogP contribution >= 0.6 is 0 Å². The molecule has 1 aliphatic rings. The van der Waals surface area contributed by atoms with Crippen LogP contribution in [0, 0.1) is 0 Å². The van der Waals surface area contributed by atoms with Crippen LogP contribution in [0.2, 0.25) is 0 Å². The fourth-order valence-corrected chi connectivity index (χ4v) is 3.70. The van der Waals surface area contributed by atoms with E-state index in [1.165, 1.54) is 116 Å². The molecule has 0 saturated heterocycles. The van der Waals surface area contributed by atoms with Crippen LogP contribution in [0.15, 0.2) is 12.4 Å². The fraction of sp³-hybridized carbons (Fsp3) is 0.913. The summed E-state index contributed by atoms with van der Waals surface area (Å²) in [5.41, 5.74) is 0. The largest absolute Gasteiger partial charge is 0.359 e. The molecule has 0 amide bonds. The van der Waals surface area contributed by atoms with Crippen LogP contribution in [0.4, 0.5) is 0 Å². The summed E-state index contributed by atoms with van der Waals surface area (Å²) in [7, 11) is 0. The smallest absolute Gasteiger partial charge is 0.0893 e. The molecule has 2 nitrogen and oxygen atoms in total. The van der Waals surface area contributed by atoms with Crippen LogP contribution in [0.5, 0.6) is 0 Å². The van der Waals surface area contributed by atoms with Gasteiger partial charge in [0.15, 0.2) is 0 Å². The SMILES string of the molecule is CCCCCCCCCCCCCCN1C=CN(CCCCCC)C1. The van der Waals surface area contributed by atoms with Gasteiger partial charge in [-0.15, -0.1) is 0 Å². The molecule has 0 aromatic heterocycles. The van der Waals surface area contributed by atoms with Gasteiger partial charge in [0.25, 0.3) is 0 Å². The van der Waals surface area contributed by atoms with Crippen LogP contribution in [0.25, 0.3) is 0 Å². The maximum atomic E-state index is 2.50. The molecule has 25 heavy (non-hydrogen) atoms. The first-order chi connectivity index (χ1) is 12.4. The molecule has 0 radical (unpaired) electrons. The zero-order chi connectivity index (χ0) is 18.0. The summed E-state index contributed by atoms with van der Waals surface area (Å²) in [5.74, 6) is 0. The summed E-state index contributed by atoms with van der Waals surface area (Å²) in [6.07, 6.45) is 27.3. The molecular formula is C23H46N2. The molecule has 0 aromatic carbocycles.